The summed E-state index contributed by atoms with van der Waals surface area (Å²) in [5.41, 5.74) is 0.0405. The maximum Gasteiger partial charge on any atom is 0.186 e. The zero-order chi connectivity index (χ0) is 13.2. The van der Waals surface area contributed by atoms with Crippen molar-refractivity contribution < 1.29 is 4.74 Å². The first-order valence-electron chi connectivity index (χ1n) is 6.52. The lowest BCUT2D eigenvalue weighted by atomic mass is 10.0. The van der Waals surface area contributed by atoms with Crippen LogP contribution in [0.4, 0.5) is 5.13 Å². The summed E-state index contributed by atoms with van der Waals surface area (Å²) in [6.45, 7) is 12.1. The highest BCUT2D eigenvalue weighted by molar-refractivity contribution is 7.15. The largest absolute Gasteiger partial charge is 0.377 e. The summed E-state index contributed by atoms with van der Waals surface area (Å²) >= 11 is 1.78. The highest BCUT2D eigenvalue weighted by atomic mass is 32.1. The molecule has 0 aromatic carbocycles. The maximum atomic E-state index is 5.55. The summed E-state index contributed by atoms with van der Waals surface area (Å²) < 4.78 is 5.55. The predicted molar refractivity (Wildman–Crippen MR) is 76.3 cm³/mol. The van der Waals surface area contributed by atoms with Gasteiger partial charge in [0.2, 0.25) is 0 Å². The third-order valence-electron chi connectivity index (χ3n) is 3.10. The number of hydrogen-bond acceptors (Lipinski definition) is 5. The minimum atomic E-state index is 0.0405. The fourth-order valence-electron chi connectivity index (χ4n) is 2.02. The van der Waals surface area contributed by atoms with Crippen LogP contribution in [0.25, 0.3) is 0 Å². The van der Waals surface area contributed by atoms with E-state index in [0.29, 0.717) is 6.04 Å². The molecule has 1 fully saturated rings. The van der Waals surface area contributed by atoms with Crippen molar-refractivity contribution in [3.63, 3.8) is 0 Å². The van der Waals surface area contributed by atoms with Crippen molar-refractivity contribution in [3.8, 4) is 0 Å². The van der Waals surface area contributed by atoms with Crippen molar-refractivity contribution in [3.05, 3.63) is 11.1 Å². The van der Waals surface area contributed by atoms with Crippen LogP contribution in [-0.2, 0) is 11.3 Å². The van der Waals surface area contributed by atoms with E-state index in [2.05, 4.69) is 42.9 Å². The lowest BCUT2D eigenvalue weighted by molar-refractivity contribution is 0.0644. The summed E-state index contributed by atoms with van der Waals surface area (Å²) in [6.07, 6.45) is 1.99. The van der Waals surface area contributed by atoms with Crippen molar-refractivity contribution in [2.75, 3.05) is 24.7 Å². The molecule has 0 atom stereocenters. The van der Waals surface area contributed by atoms with Crippen LogP contribution in [0.15, 0.2) is 6.20 Å². The molecule has 102 valence electrons. The van der Waals surface area contributed by atoms with Crippen molar-refractivity contribution in [1.29, 1.82) is 0 Å². The highest BCUT2D eigenvalue weighted by Crippen LogP contribution is 2.30. The number of thiazole rings is 1. The molecule has 0 aliphatic carbocycles. The van der Waals surface area contributed by atoms with E-state index in [9.17, 15) is 0 Å². The van der Waals surface area contributed by atoms with Gasteiger partial charge in [-0.25, -0.2) is 4.98 Å². The Hall–Kier alpha value is -0.650. The second-order valence-corrected chi connectivity index (χ2v) is 6.76. The number of morpholine rings is 1. The van der Waals surface area contributed by atoms with Gasteiger partial charge in [-0.1, -0.05) is 13.8 Å². The lowest BCUT2D eigenvalue weighted by Gasteiger charge is -2.41. The molecule has 1 aromatic heterocycles. The van der Waals surface area contributed by atoms with E-state index in [0.717, 1.165) is 31.4 Å². The first kappa shape index (κ1) is 13.8. The Kier molecular flexibility index (Phi) is 4.25. The normalized spacial score (nSPS) is 19.5. The molecule has 18 heavy (non-hydrogen) atoms. The molecule has 2 rings (SSSR count). The van der Waals surface area contributed by atoms with Gasteiger partial charge in [-0.05, 0) is 13.8 Å². The van der Waals surface area contributed by atoms with Crippen LogP contribution in [0, 0.1) is 0 Å². The van der Waals surface area contributed by atoms with E-state index >= 15 is 0 Å². The predicted octanol–water partition coefficient (Wildman–Crippen LogP) is 2.26. The Morgan fingerprint density at radius 1 is 1.56 bits per heavy atom. The first-order valence-corrected chi connectivity index (χ1v) is 7.34. The first-order chi connectivity index (χ1) is 8.49. The topological polar surface area (TPSA) is 37.4 Å². The van der Waals surface area contributed by atoms with E-state index in [1.807, 2.05) is 6.20 Å². The zero-order valence-corrected chi connectivity index (χ0v) is 12.5. The lowest BCUT2D eigenvalue weighted by Crippen LogP contribution is -2.53. The van der Waals surface area contributed by atoms with Gasteiger partial charge in [0.25, 0.3) is 0 Å². The van der Waals surface area contributed by atoms with Crippen molar-refractivity contribution in [1.82, 2.24) is 10.3 Å². The Bertz CT molecular complexity index is 389. The van der Waals surface area contributed by atoms with Crippen LogP contribution in [0.1, 0.15) is 32.6 Å². The smallest absolute Gasteiger partial charge is 0.186 e. The molecule has 5 heteroatoms. The Morgan fingerprint density at radius 2 is 2.33 bits per heavy atom. The van der Waals surface area contributed by atoms with Crippen molar-refractivity contribution >= 4 is 16.5 Å². The Morgan fingerprint density at radius 3 is 3.00 bits per heavy atom. The summed E-state index contributed by atoms with van der Waals surface area (Å²) in [4.78, 5) is 8.22. The molecule has 0 radical (unpaired) electrons. The summed E-state index contributed by atoms with van der Waals surface area (Å²) in [6, 6.07) is 0.510. The van der Waals surface area contributed by atoms with Gasteiger partial charge in [-0.2, -0.15) is 0 Å². The zero-order valence-electron chi connectivity index (χ0n) is 11.7. The van der Waals surface area contributed by atoms with Gasteiger partial charge < -0.3 is 15.0 Å². The van der Waals surface area contributed by atoms with E-state index in [-0.39, 0.29) is 5.54 Å². The number of anilines is 1. The molecule has 4 nitrogen and oxygen atoms in total. The van der Waals surface area contributed by atoms with Gasteiger partial charge in [-0.15, -0.1) is 11.3 Å². The molecule has 1 aliphatic rings. The molecule has 0 spiro atoms. The fourth-order valence-corrected chi connectivity index (χ4v) is 3.07. The standard InChI is InChI=1S/C13H23N3OS/c1-10(2)14-7-11-8-15-12(18-11)16-5-6-17-9-13(16,3)4/h8,10,14H,5-7,9H2,1-4H3. The second kappa shape index (κ2) is 5.55. The van der Waals surface area contributed by atoms with Gasteiger partial charge in [-0.3, -0.25) is 0 Å². The van der Waals surface area contributed by atoms with E-state index in [1.54, 1.807) is 11.3 Å². The third kappa shape index (κ3) is 3.22. The average Bonchev–Trinajstić information content (AvgIpc) is 2.74. The summed E-state index contributed by atoms with van der Waals surface area (Å²) in [5, 5.41) is 4.54. The van der Waals surface area contributed by atoms with Crippen molar-refractivity contribution in [2.45, 2.75) is 45.8 Å². The van der Waals surface area contributed by atoms with Crippen LogP contribution in [0.3, 0.4) is 0 Å². The minimum Gasteiger partial charge on any atom is -0.377 e. The Labute approximate surface area is 113 Å². The SMILES string of the molecule is CC(C)NCc1cnc(N2CCOCC2(C)C)s1. The van der Waals surface area contributed by atoms with Gasteiger partial charge in [0.05, 0.1) is 18.8 Å². The highest BCUT2D eigenvalue weighted by Gasteiger charge is 2.32. The molecule has 0 amide bonds. The van der Waals surface area contributed by atoms with E-state index < -0.39 is 0 Å². The maximum absolute atomic E-state index is 5.55. The number of aromatic nitrogens is 1. The molecule has 2 heterocycles. The molecular formula is C13H23N3OS. The summed E-state index contributed by atoms with van der Waals surface area (Å²) in [5.74, 6) is 0. The fraction of sp³-hybridized carbons (Fsp3) is 0.769. The number of hydrogen-bond donors (Lipinski definition) is 1. The van der Waals surface area contributed by atoms with Crippen LogP contribution >= 0.6 is 11.3 Å². The average molecular weight is 269 g/mol. The third-order valence-corrected chi connectivity index (χ3v) is 4.12. The number of rotatable bonds is 4. The number of nitrogens with zero attached hydrogens (tertiary/aromatic N) is 2. The van der Waals surface area contributed by atoms with Crippen molar-refractivity contribution in [2.24, 2.45) is 0 Å². The van der Waals surface area contributed by atoms with Crippen LogP contribution in [0.5, 0.6) is 0 Å². The van der Waals surface area contributed by atoms with Crippen LogP contribution in [0.2, 0.25) is 0 Å². The molecule has 0 unspecified atom stereocenters. The van der Waals surface area contributed by atoms with Crippen LogP contribution in [-0.4, -0.2) is 36.3 Å². The monoisotopic (exact) mass is 269 g/mol. The van der Waals surface area contributed by atoms with E-state index in [4.69, 9.17) is 4.74 Å². The second-order valence-electron chi connectivity index (χ2n) is 5.66. The van der Waals surface area contributed by atoms with Gasteiger partial charge >= 0.3 is 0 Å². The molecule has 0 bridgehead atoms. The molecule has 1 aliphatic heterocycles. The molecule has 1 aromatic rings. The molecule has 1 N–H and O–H groups in total. The Balaban J connectivity index is 2.04. The van der Waals surface area contributed by atoms with Gasteiger partial charge in [0, 0.05) is 30.2 Å². The molecular weight excluding hydrogens is 246 g/mol. The summed E-state index contributed by atoms with van der Waals surface area (Å²) in [7, 11) is 0. The van der Waals surface area contributed by atoms with Gasteiger partial charge in [0.15, 0.2) is 5.13 Å². The van der Waals surface area contributed by atoms with Gasteiger partial charge in [0.1, 0.15) is 0 Å². The molecule has 1 saturated heterocycles. The quantitative estimate of drug-likeness (QED) is 0.910. The number of nitrogens with one attached hydrogen (secondary N) is 1. The van der Waals surface area contributed by atoms with E-state index in [1.165, 1.54) is 4.88 Å². The van der Waals surface area contributed by atoms with Crippen LogP contribution < -0.4 is 10.2 Å². The molecule has 0 saturated carbocycles. The number of ether oxygens (including phenoxy) is 1. The minimum absolute atomic E-state index is 0.0405.